The fraction of sp³-hybridized carbons (Fsp3) is 0.174. The van der Waals surface area contributed by atoms with Crippen LogP contribution in [0, 0.1) is 6.92 Å². The Morgan fingerprint density at radius 3 is 2.27 bits per heavy atom. The standard InChI is InChI=1S/C23H24N2O4S/c1-16-9-10-19(23(26)24-17(2)18-7-5-4-6-8-18)15-22(16)25-30(27,28)21-13-11-20(29-3)12-14-21/h4-15,17,25H,1-3H3,(H,24,26)/t17-/m0/s1. The monoisotopic (exact) mass is 424 g/mol. The molecule has 0 saturated carbocycles. The molecule has 0 bridgehead atoms. The van der Waals surface area contributed by atoms with Crippen molar-refractivity contribution in [1.82, 2.24) is 5.32 Å². The molecular weight excluding hydrogens is 400 g/mol. The zero-order chi connectivity index (χ0) is 21.7. The van der Waals surface area contributed by atoms with Crippen molar-refractivity contribution >= 4 is 21.6 Å². The van der Waals surface area contributed by atoms with E-state index in [9.17, 15) is 13.2 Å². The predicted octanol–water partition coefficient (Wildman–Crippen LogP) is 4.30. The van der Waals surface area contributed by atoms with Crippen LogP contribution in [0.3, 0.4) is 0 Å². The smallest absolute Gasteiger partial charge is 0.261 e. The van der Waals surface area contributed by atoms with E-state index in [4.69, 9.17) is 4.74 Å². The van der Waals surface area contributed by atoms with Crippen LogP contribution in [0.5, 0.6) is 5.75 Å². The Morgan fingerprint density at radius 1 is 0.967 bits per heavy atom. The predicted molar refractivity (Wildman–Crippen MR) is 117 cm³/mol. The second-order valence-corrected chi connectivity index (χ2v) is 8.60. The number of benzene rings is 3. The number of carbonyl (C=O) groups is 1. The molecule has 7 heteroatoms. The van der Waals surface area contributed by atoms with E-state index in [0.29, 0.717) is 22.6 Å². The van der Waals surface area contributed by atoms with Crippen LogP contribution in [0.15, 0.2) is 77.7 Å². The highest BCUT2D eigenvalue weighted by atomic mass is 32.2. The Kier molecular flexibility index (Phi) is 6.42. The van der Waals surface area contributed by atoms with Gasteiger partial charge in [0.05, 0.1) is 23.7 Å². The largest absolute Gasteiger partial charge is 0.497 e. The SMILES string of the molecule is COc1ccc(S(=O)(=O)Nc2cc(C(=O)N[C@@H](C)c3ccccc3)ccc2C)cc1. The van der Waals surface area contributed by atoms with Crippen molar-refractivity contribution in [3.63, 3.8) is 0 Å². The minimum absolute atomic E-state index is 0.107. The summed E-state index contributed by atoms with van der Waals surface area (Å²) in [5, 5.41) is 2.94. The quantitative estimate of drug-likeness (QED) is 0.592. The Balaban J connectivity index is 1.79. The molecule has 3 aromatic rings. The molecule has 6 nitrogen and oxygen atoms in total. The zero-order valence-corrected chi connectivity index (χ0v) is 17.9. The topological polar surface area (TPSA) is 84.5 Å². The number of ether oxygens (including phenoxy) is 1. The van der Waals surface area contributed by atoms with Crippen LogP contribution < -0.4 is 14.8 Å². The van der Waals surface area contributed by atoms with Crippen LogP contribution in [-0.2, 0) is 10.0 Å². The third-order valence-electron chi connectivity index (χ3n) is 4.76. The lowest BCUT2D eigenvalue weighted by Gasteiger charge is -2.16. The van der Waals surface area contributed by atoms with Crippen LogP contribution in [0.1, 0.15) is 34.5 Å². The highest BCUT2D eigenvalue weighted by Crippen LogP contribution is 2.23. The van der Waals surface area contributed by atoms with Crippen molar-refractivity contribution in [2.75, 3.05) is 11.8 Å². The number of methoxy groups -OCH3 is 1. The first kappa shape index (κ1) is 21.4. The molecule has 0 aromatic heterocycles. The number of amides is 1. The Bertz CT molecular complexity index is 1130. The molecule has 0 heterocycles. The summed E-state index contributed by atoms with van der Waals surface area (Å²) in [5.74, 6) is 0.285. The van der Waals surface area contributed by atoms with Gasteiger partial charge in [0.25, 0.3) is 15.9 Å². The van der Waals surface area contributed by atoms with Gasteiger partial charge in [0.2, 0.25) is 0 Å². The molecule has 3 rings (SSSR count). The molecule has 1 atom stereocenters. The summed E-state index contributed by atoms with van der Waals surface area (Å²) >= 11 is 0. The van der Waals surface area contributed by atoms with E-state index in [-0.39, 0.29) is 16.8 Å². The van der Waals surface area contributed by atoms with Crippen molar-refractivity contribution in [2.24, 2.45) is 0 Å². The average Bonchev–Trinajstić information content (AvgIpc) is 2.75. The normalized spacial score (nSPS) is 12.1. The Labute approximate surface area is 177 Å². The maximum atomic E-state index is 12.7. The molecule has 3 aromatic carbocycles. The maximum Gasteiger partial charge on any atom is 0.261 e. The van der Waals surface area contributed by atoms with Crippen molar-refractivity contribution in [3.8, 4) is 5.75 Å². The van der Waals surface area contributed by atoms with E-state index < -0.39 is 10.0 Å². The van der Waals surface area contributed by atoms with Gasteiger partial charge >= 0.3 is 0 Å². The molecule has 0 aliphatic rings. The van der Waals surface area contributed by atoms with Gasteiger partial charge in [-0.05, 0) is 61.4 Å². The van der Waals surface area contributed by atoms with Crippen LogP contribution in [0.2, 0.25) is 0 Å². The molecule has 0 fully saturated rings. The summed E-state index contributed by atoms with van der Waals surface area (Å²) in [6.45, 7) is 3.68. The van der Waals surface area contributed by atoms with E-state index >= 15 is 0 Å². The number of rotatable bonds is 7. The van der Waals surface area contributed by atoms with Gasteiger partial charge in [0.1, 0.15) is 5.75 Å². The lowest BCUT2D eigenvalue weighted by molar-refractivity contribution is 0.0940. The van der Waals surface area contributed by atoms with Crippen molar-refractivity contribution in [2.45, 2.75) is 24.8 Å². The van der Waals surface area contributed by atoms with E-state index in [1.54, 1.807) is 37.3 Å². The summed E-state index contributed by atoms with van der Waals surface area (Å²) in [6.07, 6.45) is 0. The molecule has 0 aliphatic carbocycles. The van der Waals surface area contributed by atoms with Crippen molar-refractivity contribution in [1.29, 1.82) is 0 Å². The number of carbonyl (C=O) groups excluding carboxylic acids is 1. The average molecular weight is 425 g/mol. The number of sulfonamides is 1. The summed E-state index contributed by atoms with van der Waals surface area (Å²) in [5.41, 5.74) is 2.42. The minimum atomic E-state index is -3.81. The molecule has 0 radical (unpaired) electrons. The van der Waals surface area contributed by atoms with Gasteiger partial charge in [0.15, 0.2) is 0 Å². The number of aryl methyl sites for hydroxylation is 1. The second kappa shape index (κ2) is 9.00. The first-order valence-electron chi connectivity index (χ1n) is 9.43. The minimum Gasteiger partial charge on any atom is -0.497 e. The molecule has 156 valence electrons. The number of hydrogen-bond donors (Lipinski definition) is 2. The van der Waals surface area contributed by atoms with Gasteiger partial charge in [-0.15, -0.1) is 0 Å². The van der Waals surface area contributed by atoms with Gasteiger partial charge in [-0.1, -0.05) is 36.4 Å². The summed E-state index contributed by atoms with van der Waals surface area (Å²) in [7, 11) is -2.29. The third-order valence-corrected chi connectivity index (χ3v) is 6.14. The van der Waals surface area contributed by atoms with E-state index in [1.807, 2.05) is 37.3 Å². The summed E-state index contributed by atoms with van der Waals surface area (Å²) in [4.78, 5) is 12.8. The molecule has 0 saturated heterocycles. The number of anilines is 1. The highest BCUT2D eigenvalue weighted by Gasteiger charge is 2.18. The fourth-order valence-electron chi connectivity index (χ4n) is 2.94. The van der Waals surface area contributed by atoms with Crippen molar-refractivity contribution < 1.29 is 17.9 Å². The summed E-state index contributed by atoms with van der Waals surface area (Å²) in [6, 6.07) is 20.5. The summed E-state index contributed by atoms with van der Waals surface area (Å²) < 4.78 is 33.1. The molecule has 0 spiro atoms. The Hall–Kier alpha value is -3.32. The third kappa shape index (κ3) is 4.99. The zero-order valence-electron chi connectivity index (χ0n) is 17.0. The van der Waals surface area contributed by atoms with Crippen LogP contribution in [-0.4, -0.2) is 21.4 Å². The molecular formula is C23H24N2O4S. The van der Waals surface area contributed by atoms with Crippen LogP contribution >= 0.6 is 0 Å². The first-order chi connectivity index (χ1) is 14.3. The second-order valence-electron chi connectivity index (χ2n) is 6.92. The maximum absolute atomic E-state index is 12.7. The van der Waals surface area contributed by atoms with E-state index in [1.165, 1.54) is 19.2 Å². The molecule has 2 N–H and O–H groups in total. The van der Waals surface area contributed by atoms with Gasteiger partial charge in [0, 0.05) is 5.56 Å². The van der Waals surface area contributed by atoms with Crippen molar-refractivity contribution in [3.05, 3.63) is 89.5 Å². The molecule has 0 aliphatic heterocycles. The van der Waals surface area contributed by atoms with E-state index in [2.05, 4.69) is 10.0 Å². The first-order valence-corrected chi connectivity index (χ1v) is 10.9. The van der Waals surface area contributed by atoms with Gasteiger partial charge < -0.3 is 10.1 Å². The lowest BCUT2D eigenvalue weighted by atomic mass is 10.1. The van der Waals surface area contributed by atoms with Gasteiger partial charge in [-0.25, -0.2) is 8.42 Å². The molecule has 1 amide bonds. The van der Waals surface area contributed by atoms with Gasteiger partial charge in [-0.3, -0.25) is 9.52 Å². The Morgan fingerprint density at radius 2 is 1.63 bits per heavy atom. The molecule has 30 heavy (non-hydrogen) atoms. The van der Waals surface area contributed by atoms with Gasteiger partial charge in [-0.2, -0.15) is 0 Å². The highest BCUT2D eigenvalue weighted by molar-refractivity contribution is 7.92. The van der Waals surface area contributed by atoms with Crippen LogP contribution in [0.25, 0.3) is 0 Å². The van der Waals surface area contributed by atoms with Crippen LogP contribution in [0.4, 0.5) is 5.69 Å². The number of nitrogens with one attached hydrogen (secondary N) is 2. The van der Waals surface area contributed by atoms with E-state index in [0.717, 1.165) is 5.56 Å². The fourth-order valence-corrected chi connectivity index (χ4v) is 4.06. The number of hydrogen-bond acceptors (Lipinski definition) is 4. The lowest BCUT2D eigenvalue weighted by Crippen LogP contribution is -2.26. The molecule has 0 unspecified atom stereocenters.